The summed E-state index contributed by atoms with van der Waals surface area (Å²) in [6.07, 6.45) is -4.55. The van der Waals surface area contributed by atoms with Gasteiger partial charge in [-0.2, -0.15) is 18.3 Å². The summed E-state index contributed by atoms with van der Waals surface area (Å²) >= 11 is 1.13. The molecule has 10 heteroatoms. The van der Waals surface area contributed by atoms with Crippen LogP contribution in [0.4, 0.5) is 23.2 Å². The lowest BCUT2D eigenvalue weighted by atomic mass is 10.2. The highest BCUT2D eigenvalue weighted by molar-refractivity contribution is 7.20. The molecule has 2 aromatic heterocycles. The largest absolute Gasteiger partial charge is 0.418 e. The van der Waals surface area contributed by atoms with Gasteiger partial charge >= 0.3 is 6.18 Å². The molecule has 0 aliphatic rings. The minimum absolute atomic E-state index is 0.256. The number of carbonyl (C=O) groups excluding carboxylic acids is 1. The van der Waals surface area contributed by atoms with Gasteiger partial charge in [-0.05, 0) is 49.4 Å². The zero-order chi connectivity index (χ0) is 21.5. The molecule has 4 rings (SSSR count). The number of nitrogens with one attached hydrogen (secondary N) is 2. The number of hydrogen-bond donors (Lipinski definition) is 2. The van der Waals surface area contributed by atoms with Gasteiger partial charge in [0, 0.05) is 5.39 Å². The molecule has 0 aliphatic heterocycles. The molecule has 0 atom stereocenters. The number of benzene rings is 2. The van der Waals surface area contributed by atoms with E-state index in [1.807, 2.05) is 0 Å². The van der Waals surface area contributed by atoms with E-state index in [0.29, 0.717) is 21.1 Å². The van der Waals surface area contributed by atoms with Gasteiger partial charge in [-0.15, -0.1) is 11.3 Å². The van der Waals surface area contributed by atoms with Crippen molar-refractivity contribution >= 4 is 33.1 Å². The van der Waals surface area contributed by atoms with E-state index in [-0.39, 0.29) is 11.5 Å². The fraction of sp³-hybridized carbons (Fsp3) is 0.100. The van der Waals surface area contributed by atoms with Crippen molar-refractivity contribution in [2.45, 2.75) is 13.1 Å². The number of fused-ring (bicyclic) bond motifs is 1. The summed E-state index contributed by atoms with van der Waals surface area (Å²) in [5.74, 6) is -0.964. The predicted molar refractivity (Wildman–Crippen MR) is 106 cm³/mol. The average Bonchev–Trinajstić information content (AvgIpc) is 3.27. The fourth-order valence-electron chi connectivity index (χ4n) is 2.94. The molecular formula is C20H14F4N4OS. The SMILES string of the molecule is Cc1nn(-c2ccc(F)cc2)c2sc(C(=O)NNc3ccccc3C(F)(F)F)cc12. The van der Waals surface area contributed by atoms with Gasteiger partial charge in [0.1, 0.15) is 10.6 Å². The predicted octanol–water partition coefficient (Wildman–Crippen LogP) is 5.31. The van der Waals surface area contributed by atoms with Crippen LogP contribution < -0.4 is 10.9 Å². The first-order chi connectivity index (χ1) is 14.2. The topological polar surface area (TPSA) is 59.0 Å². The van der Waals surface area contributed by atoms with Gasteiger partial charge in [-0.3, -0.25) is 15.6 Å². The van der Waals surface area contributed by atoms with Crippen LogP contribution in [0.3, 0.4) is 0 Å². The van der Waals surface area contributed by atoms with E-state index in [9.17, 15) is 22.4 Å². The van der Waals surface area contributed by atoms with Crippen molar-refractivity contribution in [2.24, 2.45) is 0 Å². The van der Waals surface area contributed by atoms with E-state index in [4.69, 9.17) is 0 Å². The first-order valence-electron chi connectivity index (χ1n) is 8.72. The Labute approximate surface area is 171 Å². The molecule has 0 spiro atoms. The summed E-state index contributed by atoms with van der Waals surface area (Å²) in [7, 11) is 0. The third-order valence-corrected chi connectivity index (χ3v) is 5.49. The van der Waals surface area contributed by atoms with Gasteiger partial charge in [-0.1, -0.05) is 12.1 Å². The number of nitrogens with zero attached hydrogens (tertiary/aromatic N) is 2. The van der Waals surface area contributed by atoms with Crippen LogP contribution in [-0.2, 0) is 6.18 Å². The number of rotatable bonds is 4. The minimum Gasteiger partial charge on any atom is -0.298 e. The second-order valence-electron chi connectivity index (χ2n) is 6.43. The van der Waals surface area contributed by atoms with Crippen molar-refractivity contribution in [2.75, 3.05) is 5.43 Å². The number of para-hydroxylation sites is 1. The van der Waals surface area contributed by atoms with Gasteiger partial charge < -0.3 is 0 Å². The molecule has 1 amide bonds. The van der Waals surface area contributed by atoms with Gasteiger partial charge in [0.25, 0.3) is 5.91 Å². The maximum absolute atomic E-state index is 13.2. The maximum Gasteiger partial charge on any atom is 0.418 e. The molecule has 0 saturated carbocycles. The maximum atomic E-state index is 13.2. The molecule has 30 heavy (non-hydrogen) atoms. The highest BCUT2D eigenvalue weighted by Crippen LogP contribution is 2.34. The van der Waals surface area contributed by atoms with E-state index in [0.717, 1.165) is 22.8 Å². The summed E-state index contributed by atoms with van der Waals surface area (Å²) in [6.45, 7) is 1.77. The molecule has 0 unspecified atom stereocenters. The van der Waals surface area contributed by atoms with Gasteiger partial charge in [0.15, 0.2) is 0 Å². The van der Waals surface area contributed by atoms with Crippen LogP contribution in [0.25, 0.3) is 15.9 Å². The quantitative estimate of drug-likeness (QED) is 0.338. The van der Waals surface area contributed by atoms with Crippen LogP contribution in [0.15, 0.2) is 54.6 Å². The number of halogens is 4. The van der Waals surface area contributed by atoms with Gasteiger partial charge in [-0.25, -0.2) is 9.07 Å². The summed E-state index contributed by atoms with van der Waals surface area (Å²) in [4.78, 5) is 13.5. The summed E-state index contributed by atoms with van der Waals surface area (Å²) in [6, 6.07) is 12.2. The van der Waals surface area contributed by atoms with Crippen LogP contribution in [-0.4, -0.2) is 15.7 Å². The van der Waals surface area contributed by atoms with Crippen LogP contribution in [0.1, 0.15) is 20.9 Å². The summed E-state index contributed by atoms with van der Waals surface area (Å²) < 4.78 is 54.1. The van der Waals surface area contributed by atoms with E-state index in [1.54, 1.807) is 29.8 Å². The van der Waals surface area contributed by atoms with Crippen molar-refractivity contribution in [3.05, 3.63) is 76.5 Å². The van der Waals surface area contributed by atoms with Crippen molar-refractivity contribution < 1.29 is 22.4 Å². The molecule has 0 fully saturated rings. The smallest absolute Gasteiger partial charge is 0.298 e. The number of anilines is 1. The zero-order valence-electron chi connectivity index (χ0n) is 15.4. The number of amides is 1. The van der Waals surface area contributed by atoms with E-state index in [1.165, 1.54) is 30.3 Å². The second-order valence-corrected chi connectivity index (χ2v) is 7.46. The Morgan fingerprint density at radius 1 is 1.10 bits per heavy atom. The molecule has 0 aliphatic carbocycles. The second kappa shape index (κ2) is 7.45. The number of thiophene rings is 1. The van der Waals surface area contributed by atoms with Crippen LogP contribution >= 0.6 is 11.3 Å². The van der Waals surface area contributed by atoms with Crippen molar-refractivity contribution in [1.82, 2.24) is 15.2 Å². The van der Waals surface area contributed by atoms with E-state index >= 15 is 0 Å². The van der Waals surface area contributed by atoms with Crippen LogP contribution in [0, 0.1) is 12.7 Å². The molecule has 4 aromatic rings. The van der Waals surface area contributed by atoms with E-state index in [2.05, 4.69) is 16.0 Å². The van der Waals surface area contributed by atoms with Crippen LogP contribution in [0.5, 0.6) is 0 Å². The molecule has 0 radical (unpaired) electrons. The monoisotopic (exact) mass is 434 g/mol. The van der Waals surface area contributed by atoms with Gasteiger partial charge in [0.2, 0.25) is 0 Å². The van der Waals surface area contributed by atoms with Crippen molar-refractivity contribution in [1.29, 1.82) is 0 Å². The molecule has 5 nitrogen and oxygen atoms in total. The number of aromatic nitrogens is 2. The Bertz CT molecular complexity index is 1230. The number of hydrazine groups is 1. The number of aryl methyl sites for hydroxylation is 1. The first-order valence-corrected chi connectivity index (χ1v) is 9.53. The minimum atomic E-state index is -4.55. The lowest BCUT2D eigenvalue weighted by Crippen LogP contribution is -2.29. The number of alkyl halides is 3. The molecule has 154 valence electrons. The highest BCUT2D eigenvalue weighted by atomic mass is 32.1. The Balaban J connectivity index is 1.59. The molecule has 0 bridgehead atoms. The Hall–Kier alpha value is -3.40. The Morgan fingerprint density at radius 2 is 1.80 bits per heavy atom. The summed E-state index contributed by atoms with van der Waals surface area (Å²) in [5, 5.41) is 5.14. The number of carbonyl (C=O) groups is 1. The molecular weight excluding hydrogens is 420 g/mol. The highest BCUT2D eigenvalue weighted by Gasteiger charge is 2.33. The standard InChI is InChI=1S/C20H14F4N4OS/c1-11-14-10-17(30-19(14)28(27-11)13-8-6-12(21)7-9-13)18(29)26-25-16-5-3-2-4-15(16)20(22,23)24/h2-10,25H,1H3,(H,26,29). The Kier molecular flexibility index (Phi) is 4.94. The summed E-state index contributed by atoms with van der Waals surface area (Å²) in [5.41, 5.74) is 4.80. The normalized spacial score (nSPS) is 11.6. The molecule has 2 heterocycles. The van der Waals surface area contributed by atoms with Crippen molar-refractivity contribution in [3.8, 4) is 5.69 Å². The first kappa shape index (κ1) is 19.9. The Morgan fingerprint density at radius 3 is 2.50 bits per heavy atom. The lowest BCUT2D eigenvalue weighted by molar-refractivity contribution is -0.137. The van der Waals surface area contributed by atoms with Gasteiger partial charge in [0.05, 0.1) is 27.5 Å². The third-order valence-electron chi connectivity index (χ3n) is 4.38. The fourth-order valence-corrected chi connectivity index (χ4v) is 4.02. The zero-order valence-corrected chi connectivity index (χ0v) is 16.2. The lowest BCUT2D eigenvalue weighted by Gasteiger charge is -2.14. The van der Waals surface area contributed by atoms with Crippen LogP contribution in [0.2, 0.25) is 0 Å². The molecule has 2 aromatic carbocycles. The number of hydrogen-bond acceptors (Lipinski definition) is 4. The van der Waals surface area contributed by atoms with E-state index < -0.39 is 17.6 Å². The molecule has 2 N–H and O–H groups in total. The average molecular weight is 434 g/mol. The van der Waals surface area contributed by atoms with Crippen molar-refractivity contribution in [3.63, 3.8) is 0 Å². The third kappa shape index (κ3) is 3.73. The molecule has 0 saturated heterocycles.